The first-order chi connectivity index (χ1) is 14.9. The van der Waals surface area contributed by atoms with Gasteiger partial charge < -0.3 is 9.64 Å². The fraction of sp³-hybridized carbons (Fsp3) is 0.400. The van der Waals surface area contributed by atoms with Crippen LogP contribution < -0.4 is 4.74 Å². The predicted molar refractivity (Wildman–Crippen MR) is 119 cm³/mol. The number of nitrogens with zero attached hydrogens (tertiary/aromatic N) is 1. The first-order valence-electron chi connectivity index (χ1n) is 10.8. The minimum atomic E-state index is -0.551. The Morgan fingerprint density at radius 1 is 1.10 bits per heavy atom. The number of halogens is 1. The Morgan fingerprint density at radius 2 is 1.81 bits per heavy atom. The second-order valence-electron chi connectivity index (χ2n) is 8.51. The van der Waals surface area contributed by atoms with E-state index in [2.05, 4.69) is 0 Å². The lowest BCUT2D eigenvalue weighted by atomic mass is 9.82. The zero-order valence-electron chi connectivity index (χ0n) is 17.7. The van der Waals surface area contributed by atoms with Crippen molar-refractivity contribution >= 4 is 29.1 Å². The summed E-state index contributed by atoms with van der Waals surface area (Å²) in [5.74, 6) is 0.759. The van der Waals surface area contributed by atoms with Crippen LogP contribution in [0.3, 0.4) is 0 Å². The summed E-state index contributed by atoms with van der Waals surface area (Å²) in [5.41, 5.74) is 1.56. The average molecular weight is 440 g/mol. The first-order valence-corrected chi connectivity index (χ1v) is 11.1. The Bertz CT molecular complexity index is 1010. The van der Waals surface area contributed by atoms with E-state index < -0.39 is 5.60 Å². The zero-order chi connectivity index (χ0) is 22.0. The number of hydrogen-bond acceptors (Lipinski definition) is 4. The lowest BCUT2D eigenvalue weighted by Gasteiger charge is -2.44. The molecule has 0 aliphatic carbocycles. The van der Waals surface area contributed by atoms with Gasteiger partial charge in [0.25, 0.3) is 0 Å². The maximum atomic E-state index is 12.7. The molecule has 2 aliphatic heterocycles. The molecule has 0 N–H and O–H groups in total. The summed E-state index contributed by atoms with van der Waals surface area (Å²) < 4.78 is 6.29. The minimum absolute atomic E-state index is 0.0438. The molecule has 1 spiro atoms. The molecule has 0 unspecified atom stereocenters. The van der Waals surface area contributed by atoms with Crippen molar-refractivity contribution in [3.63, 3.8) is 0 Å². The zero-order valence-corrected chi connectivity index (χ0v) is 18.4. The third-order valence-corrected chi connectivity index (χ3v) is 6.70. The molecule has 0 bridgehead atoms. The molecular formula is C25H26ClNO4. The van der Waals surface area contributed by atoms with Gasteiger partial charge in [-0.2, -0.15) is 0 Å². The molecule has 2 aliphatic rings. The van der Waals surface area contributed by atoms with Crippen LogP contribution in [0.15, 0.2) is 42.5 Å². The van der Waals surface area contributed by atoms with E-state index in [9.17, 15) is 14.4 Å². The van der Waals surface area contributed by atoms with Crippen molar-refractivity contribution in [2.75, 3.05) is 13.1 Å². The quantitative estimate of drug-likeness (QED) is 0.613. The van der Waals surface area contributed by atoms with Gasteiger partial charge in [-0.1, -0.05) is 41.9 Å². The second kappa shape index (κ2) is 8.83. The Labute approximate surface area is 187 Å². The van der Waals surface area contributed by atoms with Crippen LogP contribution in [0.25, 0.3) is 0 Å². The molecule has 6 heteroatoms. The van der Waals surface area contributed by atoms with Crippen LogP contribution in [-0.4, -0.2) is 41.1 Å². The number of benzene rings is 2. The van der Waals surface area contributed by atoms with E-state index in [1.807, 2.05) is 36.1 Å². The molecule has 0 radical (unpaired) electrons. The van der Waals surface area contributed by atoms with Gasteiger partial charge in [0, 0.05) is 49.4 Å². The van der Waals surface area contributed by atoms with Crippen LogP contribution >= 0.6 is 11.6 Å². The molecule has 162 valence electrons. The van der Waals surface area contributed by atoms with E-state index >= 15 is 0 Å². The first kappa shape index (κ1) is 21.6. The Balaban J connectivity index is 1.30. The Morgan fingerprint density at radius 3 is 2.52 bits per heavy atom. The molecule has 0 saturated carbocycles. The Kier molecular flexibility index (Phi) is 6.15. The number of ether oxygens (including phenoxy) is 1. The standard InChI is InChI=1S/C25H26ClNO4/c1-17-14-23-19(15-20(17)26)22(29)16-25(31-23)10-12-27(13-11-25)24(30)9-5-8-21(28)18-6-3-2-4-7-18/h2-4,6-7,14-15H,5,8-13,16H2,1H3. The van der Waals surface area contributed by atoms with Gasteiger partial charge in [-0.3, -0.25) is 14.4 Å². The maximum absolute atomic E-state index is 12.7. The third-order valence-electron chi connectivity index (χ3n) is 6.29. The average Bonchev–Trinajstić information content (AvgIpc) is 2.76. The van der Waals surface area contributed by atoms with Crippen molar-refractivity contribution in [2.24, 2.45) is 0 Å². The summed E-state index contributed by atoms with van der Waals surface area (Å²) in [6.45, 7) is 3.00. The third kappa shape index (κ3) is 4.67. The highest BCUT2D eigenvalue weighted by atomic mass is 35.5. The van der Waals surface area contributed by atoms with E-state index in [0.29, 0.717) is 73.5 Å². The number of Topliss-reactive ketones (excluding diaryl/α,β-unsaturated/α-hetero) is 2. The fourth-order valence-corrected chi connectivity index (χ4v) is 4.55. The molecule has 2 aromatic rings. The SMILES string of the molecule is Cc1cc2c(cc1Cl)C(=O)CC1(CCN(C(=O)CCCC(=O)c3ccccc3)CC1)O2. The predicted octanol–water partition coefficient (Wildman–Crippen LogP) is 5.03. The molecule has 1 amide bonds. The molecule has 0 aromatic heterocycles. The molecule has 1 saturated heterocycles. The lowest BCUT2D eigenvalue weighted by molar-refractivity contribution is -0.134. The van der Waals surface area contributed by atoms with E-state index in [4.69, 9.17) is 16.3 Å². The van der Waals surface area contributed by atoms with Crippen molar-refractivity contribution in [2.45, 2.75) is 51.0 Å². The molecular weight excluding hydrogens is 414 g/mol. The fourth-order valence-electron chi connectivity index (χ4n) is 4.38. The minimum Gasteiger partial charge on any atom is -0.486 e. The van der Waals surface area contributed by atoms with E-state index in [0.717, 1.165) is 5.56 Å². The van der Waals surface area contributed by atoms with Crippen LogP contribution in [0, 0.1) is 6.92 Å². The van der Waals surface area contributed by atoms with Gasteiger partial charge in [-0.25, -0.2) is 0 Å². The molecule has 4 rings (SSSR count). The molecule has 0 atom stereocenters. The van der Waals surface area contributed by atoms with Gasteiger partial charge in [-0.15, -0.1) is 0 Å². The van der Waals surface area contributed by atoms with E-state index in [1.165, 1.54) is 0 Å². The van der Waals surface area contributed by atoms with Crippen molar-refractivity contribution in [1.82, 2.24) is 4.90 Å². The van der Waals surface area contributed by atoms with E-state index in [1.54, 1.807) is 18.2 Å². The van der Waals surface area contributed by atoms with Gasteiger partial charge in [0.15, 0.2) is 11.6 Å². The number of ketones is 2. The number of amides is 1. The molecule has 2 aromatic carbocycles. The second-order valence-corrected chi connectivity index (χ2v) is 8.91. The van der Waals surface area contributed by atoms with Gasteiger partial charge >= 0.3 is 0 Å². The number of hydrogen-bond donors (Lipinski definition) is 0. The summed E-state index contributed by atoms with van der Waals surface area (Å²) >= 11 is 6.17. The molecule has 5 nitrogen and oxygen atoms in total. The smallest absolute Gasteiger partial charge is 0.222 e. The van der Waals surface area contributed by atoms with Crippen LogP contribution in [-0.2, 0) is 4.79 Å². The van der Waals surface area contributed by atoms with Crippen LogP contribution in [0.5, 0.6) is 5.75 Å². The molecule has 2 heterocycles. The summed E-state index contributed by atoms with van der Waals surface area (Å²) in [6, 6.07) is 12.7. The van der Waals surface area contributed by atoms with Gasteiger partial charge in [0.05, 0.1) is 12.0 Å². The number of fused-ring (bicyclic) bond motifs is 1. The largest absolute Gasteiger partial charge is 0.486 e. The monoisotopic (exact) mass is 439 g/mol. The number of rotatable bonds is 5. The number of piperidine rings is 1. The van der Waals surface area contributed by atoms with Gasteiger partial charge in [-0.05, 0) is 31.0 Å². The Hall–Kier alpha value is -2.66. The summed E-state index contributed by atoms with van der Waals surface area (Å²) in [5, 5.41) is 0.567. The van der Waals surface area contributed by atoms with Crippen molar-refractivity contribution < 1.29 is 19.1 Å². The lowest BCUT2D eigenvalue weighted by Crippen LogP contribution is -2.52. The van der Waals surface area contributed by atoms with Crippen LogP contribution in [0.4, 0.5) is 0 Å². The van der Waals surface area contributed by atoms with Gasteiger partial charge in [0.2, 0.25) is 5.91 Å². The van der Waals surface area contributed by atoms with Crippen molar-refractivity contribution in [3.8, 4) is 5.75 Å². The number of likely N-dealkylation sites (tertiary alicyclic amines) is 1. The van der Waals surface area contributed by atoms with Crippen LogP contribution in [0.2, 0.25) is 5.02 Å². The maximum Gasteiger partial charge on any atom is 0.222 e. The van der Waals surface area contributed by atoms with Crippen LogP contribution in [0.1, 0.15) is 64.8 Å². The van der Waals surface area contributed by atoms with Gasteiger partial charge in [0.1, 0.15) is 11.4 Å². The topological polar surface area (TPSA) is 63.7 Å². The number of aryl methyl sites for hydroxylation is 1. The molecule has 1 fully saturated rings. The highest BCUT2D eigenvalue weighted by Crippen LogP contribution is 2.41. The van der Waals surface area contributed by atoms with E-state index in [-0.39, 0.29) is 17.5 Å². The van der Waals surface area contributed by atoms with Crippen molar-refractivity contribution in [1.29, 1.82) is 0 Å². The van der Waals surface area contributed by atoms with Crippen molar-refractivity contribution in [3.05, 3.63) is 64.2 Å². The molecule has 31 heavy (non-hydrogen) atoms. The summed E-state index contributed by atoms with van der Waals surface area (Å²) in [6.07, 6.45) is 2.81. The number of carbonyl (C=O) groups is 3. The summed E-state index contributed by atoms with van der Waals surface area (Å²) in [7, 11) is 0. The highest BCUT2D eigenvalue weighted by Gasteiger charge is 2.43. The normalized spacial score (nSPS) is 17.2. The highest BCUT2D eigenvalue weighted by molar-refractivity contribution is 6.31. The summed E-state index contributed by atoms with van der Waals surface area (Å²) in [4.78, 5) is 39.4. The number of carbonyl (C=O) groups excluding carboxylic acids is 3.